The average Bonchev–Trinajstić information content (AvgIpc) is 2.38. The van der Waals surface area contributed by atoms with Gasteiger partial charge in [-0.3, -0.25) is 5.01 Å². The van der Waals surface area contributed by atoms with Gasteiger partial charge in [0.2, 0.25) is 0 Å². The predicted molar refractivity (Wildman–Crippen MR) is 64.9 cm³/mol. The number of hydrazine groups is 1. The zero-order valence-electron chi connectivity index (χ0n) is 9.95. The lowest BCUT2D eigenvalue weighted by Crippen LogP contribution is -2.45. The molecule has 9 heteroatoms. The molecule has 0 fully saturated rings. The summed E-state index contributed by atoms with van der Waals surface area (Å²) in [7, 11) is 0. The van der Waals surface area contributed by atoms with E-state index in [9.17, 15) is 4.39 Å². The lowest BCUT2D eigenvalue weighted by Gasteiger charge is -2.28. The topological polar surface area (TPSA) is 137 Å². The number of anilines is 3. The van der Waals surface area contributed by atoms with Crippen LogP contribution in [-0.4, -0.2) is 40.7 Å². The van der Waals surface area contributed by atoms with Crippen molar-refractivity contribution in [3.8, 4) is 0 Å². The molecule has 8 nitrogen and oxygen atoms in total. The molecule has 0 bridgehead atoms. The van der Waals surface area contributed by atoms with Crippen LogP contribution in [0.4, 0.5) is 21.7 Å². The summed E-state index contributed by atoms with van der Waals surface area (Å²) in [4.78, 5) is 7.56. The van der Waals surface area contributed by atoms with Gasteiger partial charge in [0, 0.05) is 0 Å². The van der Waals surface area contributed by atoms with Gasteiger partial charge >= 0.3 is 0 Å². The van der Waals surface area contributed by atoms with Crippen molar-refractivity contribution in [1.29, 1.82) is 0 Å². The summed E-state index contributed by atoms with van der Waals surface area (Å²) < 4.78 is 17.6. The van der Waals surface area contributed by atoms with E-state index in [-0.39, 0.29) is 17.3 Å². The summed E-state index contributed by atoms with van der Waals surface area (Å²) in [6, 6.07) is 0. The molecular formula is C9H17FN6O2. The normalized spacial score (nSPS) is 14.2. The third-order valence-corrected chi connectivity index (χ3v) is 2.30. The smallest absolute Gasteiger partial charge is 0.173 e. The first-order valence-electron chi connectivity index (χ1n) is 5.23. The largest absolute Gasteiger partial charge is 0.394 e. The molecule has 0 aliphatic carbocycles. The van der Waals surface area contributed by atoms with E-state index in [2.05, 4.69) is 9.97 Å². The Morgan fingerprint density at radius 1 is 1.50 bits per heavy atom. The maximum Gasteiger partial charge on any atom is 0.173 e. The molecular weight excluding hydrogens is 243 g/mol. The number of alkyl halides is 1. The summed E-state index contributed by atoms with van der Waals surface area (Å²) in [5.74, 6) is 6.01. The third kappa shape index (κ3) is 3.15. The van der Waals surface area contributed by atoms with Gasteiger partial charge in [-0.1, -0.05) is 0 Å². The SMILES string of the molecule is CC(OC(CO)CF)N(N)c1ncnc(N)c1N. The Morgan fingerprint density at radius 3 is 2.72 bits per heavy atom. The van der Waals surface area contributed by atoms with E-state index in [4.69, 9.17) is 27.2 Å². The molecule has 0 aromatic carbocycles. The van der Waals surface area contributed by atoms with E-state index >= 15 is 0 Å². The average molecular weight is 260 g/mol. The maximum atomic E-state index is 12.4. The third-order valence-electron chi connectivity index (χ3n) is 2.30. The van der Waals surface area contributed by atoms with E-state index in [0.717, 1.165) is 5.01 Å². The van der Waals surface area contributed by atoms with Crippen LogP contribution in [0.3, 0.4) is 0 Å². The van der Waals surface area contributed by atoms with Crippen LogP contribution in [-0.2, 0) is 4.74 Å². The molecule has 0 saturated heterocycles. The number of nitrogen functional groups attached to an aromatic ring is 2. The minimum absolute atomic E-state index is 0.0897. The summed E-state index contributed by atoms with van der Waals surface area (Å²) in [5.41, 5.74) is 11.3. The number of aromatic nitrogens is 2. The van der Waals surface area contributed by atoms with Gasteiger partial charge in [0.1, 0.15) is 31.0 Å². The van der Waals surface area contributed by atoms with Crippen molar-refractivity contribution < 1.29 is 14.2 Å². The highest BCUT2D eigenvalue weighted by Crippen LogP contribution is 2.23. The van der Waals surface area contributed by atoms with E-state index in [0.29, 0.717) is 0 Å². The Kier molecular flexibility index (Phi) is 5.01. The first-order chi connectivity index (χ1) is 8.51. The summed E-state index contributed by atoms with van der Waals surface area (Å²) in [5, 5.41) is 9.92. The fourth-order valence-electron chi connectivity index (χ4n) is 1.25. The van der Waals surface area contributed by atoms with Crippen molar-refractivity contribution in [2.24, 2.45) is 5.84 Å². The number of nitrogens with zero attached hydrogens (tertiary/aromatic N) is 3. The first kappa shape index (κ1) is 14.4. The lowest BCUT2D eigenvalue weighted by molar-refractivity contribution is -0.0428. The highest BCUT2D eigenvalue weighted by Gasteiger charge is 2.20. The molecule has 7 N–H and O–H groups in total. The van der Waals surface area contributed by atoms with Crippen LogP contribution in [0.15, 0.2) is 6.33 Å². The molecule has 2 atom stereocenters. The van der Waals surface area contributed by atoms with Crippen molar-refractivity contribution in [2.75, 3.05) is 29.8 Å². The zero-order chi connectivity index (χ0) is 13.7. The van der Waals surface area contributed by atoms with E-state index in [1.165, 1.54) is 6.33 Å². The molecule has 0 aliphatic rings. The first-order valence-corrected chi connectivity index (χ1v) is 5.23. The monoisotopic (exact) mass is 260 g/mol. The minimum Gasteiger partial charge on any atom is -0.394 e. The van der Waals surface area contributed by atoms with Crippen LogP contribution in [0.1, 0.15) is 6.92 Å². The minimum atomic E-state index is -0.952. The number of aliphatic hydroxyl groups is 1. The van der Waals surface area contributed by atoms with Crippen molar-refractivity contribution >= 4 is 17.3 Å². The highest BCUT2D eigenvalue weighted by atomic mass is 19.1. The molecule has 0 aliphatic heterocycles. The molecule has 2 unspecified atom stereocenters. The number of aliphatic hydroxyl groups excluding tert-OH is 1. The number of nitrogens with two attached hydrogens (primary N) is 3. The predicted octanol–water partition coefficient (Wildman–Crippen LogP) is -0.986. The van der Waals surface area contributed by atoms with Crippen molar-refractivity contribution in [3.63, 3.8) is 0 Å². The van der Waals surface area contributed by atoms with E-state index in [1.807, 2.05) is 0 Å². The quantitative estimate of drug-likeness (QED) is 0.291. The Labute approximate surface area is 104 Å². The van der Waals surface area contributed by atoms with Crippen LogP contribution in [0, 0.1) is 0 Å². The molecule has 18 heavy (non-hydrogen) atoms. The second-order valence-corrected chi connectivity index (χ2v) is 3.60. The van der Waals surface area contributed by atoms with Crippen LogP contribution >= 0.6 is 0 Å². The summed E-state index contributed by atoms with van der Waals surface area (Å²) in [6.07, 6.45) is -0.493. The zero-order valence-corrected chi connectivity index (χ0v) is 9.95. The van der Waals surface area contributed by atoms with Crippen LogP contribution in [0.25, 0.3) is 0 Å². The Morgan fingerprint density at radius 2 is 2.17 bits per heavy atom. The van der Waals surface area contributed by atoms with Gasteiger partial charge < -0.3 is 21.3 Å². The summed E-state index contributed by atoms with van der Waals surface area (Å²) >= 11 is 0. The fraction of sp³-hybridized carbons (Fsp3) is 0.556. The molecule has 1 rings (SSSR count). The maximum absolute atomic E-state index is 12.4. The number of halogens is 1. The van der Waals surface area contributed by atoms with Crippen LogP contribution in [0.5, 0.6) is 0 Å². The Hall–Kier alpha value is -1.71. The number of ether oxygens (including phenoxy) is 1. The molecule has 0 amide bonds. The molecule has 1 aromatic rings. The molecule has 1 heterocycles. The standard InChI is InChI=1S/C9H17FN6O2/c1-5(18-6(2-10)3-17)16(13)9-7(11)8(12)14-4-15-9/h4-6,17H,2-3,11,13H2,1H3,(H2,12,14,15). The van der Waals surface area contributed by atoms with Crippen LogP contribution < -0.4 is 22.3 Å². The van der Waals surface area contributed by atoms with E-state index < -0.39 is 25.6 Å². The Balaban J connectivity index is 2.80. The van der Waals surface area contributed by atoms with Gasteiger partial charge in [-0.15, -0.1) is 0 Å². The number of hydrogen-bond donors (Lipinski definition) is 4. The second kappa shape index (κ2) is 6.28. The van der Waals surface area contributed by atoms with E-state index in [1.54, 1.807) is 6.92 Å². The van der Waals surface area contributed by atoms with Crippen molar-refractivity contribution in [3.05, 3.63) is 6.33 Å². The number of rotatable bonds is 6. The number of hydrogen-bond acceptors (Lipinski definition) is 8. The lowest BCUT2D eigenvalue weighted by atomic mass is 10.4. The van der Waals surface area contributed by atoms with Gasteiger partial charge in [0.05, 0.1) is 6.61 Å². The molecule has 102 valence electrons. The van der Waals surface area contributed by atoms with Gasteiger partial charge in [-0.05, 0) is 6.92 Å². The van der Waals surface area contributed by atoms with Crippen molar-refractivity contribution in [1.82, 2.24) is 9.97 Å². The summed E-state index contributed by atoms with van der Waals surface area (Å²) in [6.45, 7) is 0.294. The Bertz CT molecular complexity index is 389. The molecule has 0 saturated carbocycles. The molecule has 0 radical (unpaired) electrons. The van der Waals surface area contributed by atoms with Gasteiger partial charge in [-0.25, -0.2) is 20.2 Å². The molecule has 1 aromatic heterocycles. The molecule has 0 spiro atoms. The van der Waals surface area contributed by atoms with Gasteiger partial charge in [-0.2, -0.15) is 0 Å². The fourth-order valence-corrected chi connectivity index (χ4v) is 1.25. The highest BCUT2D eigenvalue weighted by molar-refractivity contribution is 5.72. The van der Waals surface area contributed by atoms with Crippen molar-refractivity contribution in [2.45, 2.75) is 19.3 Å². The second-order valence-electron chi connectivity index (χ2n) is 3.60. The van der Waals surface area contributed by atoms with Gasteiger partial charge in [0.15, 0.2) is 11.6 Å². The van der Waals surface area contributed by atoms with Crippen LogP contribution in [0.2, 0.25) is 0 Å². The van der Waals surface area contributed by atoms with Gasteiger partial charge in [0.25, 0.3) is 0 Å².